The van der Waals surface area contributed by atoms with Crippen molar-refractivity contribution in [3.63, 3.8) is 0 Å². The SMILES string of the molecule is CC(C)(C)NCc1ccc(N2CCC(C(N)=O)CC2)nc1. The molecular weight excluding hydrogens is 264 g/mol. The average Bonchev–Trinajstić information content (AvgIpc) is 2.45. The van der Waals surface area contributed by atoms with E-state index in [1.54, 1.807) is 0 Å². The smallest absolute Gasteiger partial charge is 0.220 e. The lowest BCUT2D eigenvalue weighted by atomic mass is 9.96. The highest BCUT2D eigenvalue weighted by molar-refractivity contribution is 5.76. The molecule has 2 heterocycles. The summed E-state index contributed by atoms with van der Waals surface area (Å²) in [6, 6.07) is 4.17. The Balaban J connectivity index is 1.89. The lowest BCUT2D eigenvalue weighted by molar-refractivity contribution is -0.122. The summed E-state index contributed by atoms with van der Waals surface area (Å²) in [7, 11) is 0. The van der Waals surface area contributed by atoms with Crippen LogP contribution < -0.4 is 16.0 Å². The van der Waals surface area contributed by atoms with Crippen LogP contribution in [-0.4, -0.2) is 29.5 Å². The minimum Gasteiger partial charge on any atom is -0.369 e. The number of rotatable bonds is 4. The van der Waals surface area contributed by atoms with E-state index in [2.05, 4.69) is 48.1 Å². The third-order valence-corrected chi connectivity index (χ3v) is 3.85. The first-order chi connectivity index (χ1) is 9.85. The van der Waals surface area contributed by atoms with Crippen LogP contribution in [0.15, 0.2) is 18.3 Å². The van der Waals surface area contributed by atoms with E-state index in [9.17, 15) is 4.79 Å². The third-order valence-electron chi connectivity index (χ3n) is 3.85. The Morgan fingerprint density at radius 1 is 1.38 bits per heavy atom. The lowest BCUT2D eigenvalue weighted by Gasteiger charge is -2.31. The van der Waals surface area contributed by atoms with Gasteiger partial charge in [-0.15, -0.1) is 0 Å². The predicted molar refractivity (Wildman–Crippen MR) is 85.0 cm³/mol. The van der Waals surface area contributed by atoms with Gasteiger partial charge < -0.3 is 16.0 Å². The molecule has 0 bridgehead atoms. The highest BCUT2D eigenvalue weighted by Crippen LogP contribution is 2.21. The second-order valence-electron chi connectivity index (χ2n) is 6.79. The molecule has 0 atom stereocenters. The summed E-state index contributed by atoms with van der Waals surface area (Å²) in [5.41, 5.74) is 6.65. The summed E-state index contributed by atoms with van der Waals surface area (Å²) in [5.74, 6) is 0.833. The van der Waals surface area contributed by atoms with E-state index < -0.39 is 0 Å². The molecule has 0 unspecified atom stereocenters. The minimum absolute atomic E-state index is 0.0245. The fourth-order valence-corrected chi connectivity index (χ4v) is 2.47. The first kappa shape index (κ1) is 15.8. The molecule has 0 radical (unpaired) electrons. The van der Waals surface area contributed by atoms with Gasteiger partial charge in [0.2, 0.25) is 5.91 Å². The molecule has 1 aromatic heterocycles. The van der Waals surface area contributed by atoms with Crippen LogP contribution in [0.5, 0.6) is 0 Å². The van der Waals surface area contributed by atoms with Crippen molar-refractivity contribution in [3.8, 4) is 0 Å². The van der Waals surface area contributed by atoms with Gasteiger partial charge in [0.05, 0.1) is 0 Å². The number of hydrogen-bond donors (Lipinski definition) is 2. The van der Waals surface area contributed by atoms with Crippen LogP contribution in [0.4, 0.5) is 5.82 Å². The highest BCUT2D eigenvalue weighted by atomic mass is 16.1. The molecular formula is C16H26N4O. The van der Waals surface area contributed by atoms with Crippen LogP contribution >= 0.6 is 0 Å². The number of pyridine rings is 1. The quantitative estimate of drug-likeness (QED) is 0.885. The summed E-state index contributed by atoms with van der Waals surface area (Å²) in [4.78, 5) is 17.9. The van der Waals surface area contributed by atoms with E-state index in [1.165, 1.54) is 5.56 Å². The Morgan fingerprint density at radius 3 is 2.52 bits per heavy atom. The van der Waals surface area contributed by atoms with Gasteiger partial charge in [-0.3, -0.25) is 4.79 Å². The van der Waals surface area contributed by atoms with Crippen LogP contribution in [0, 0.1) is 5.92 Å². The molecule has 0 aliphatic carbocycles. The summed E-state index contributed by atoms with van der Waals surface area (Å²) < 4.78 is 0. The zero-order chi connectivity index (χ0) is 15.5. The molecule has 5 nitrogen and oxygen atoms in total. The van der Waals surface area contributed by atoms with E-state index in [-0.39, 0.29) is 17.4 Å². The number of nitrogens with two attached hydrogens (primary N) is 1. The molecule has 1 saturated heterocycles. The Kier molecular flexibility index (Phi) is 4.83. The van der Waals surface area contributed by atoms with Crippen molar-refractivity contribution < 1.29 is 4.79 Å². The van der Waals surface area contributed by atoms with Gasteiger partial charge >= 0.3 is 0 Å². The molecule has 21 heavy (non-hydrogen) atoms. The standard InChI is InChI=1S/C16H26N4O/c1-16(2,3)19-11-12-4-5-14(18-10-12)20-8-6-13(7-9-20)15(17)21/h4-5,10,13,19H,6-9,11H2,1-3H3,(H2,17,21). The molecule has 1 aliphatic heterocycles. The van der Waals surface area contributed by atoms with Crippen LogP contribution in [0.25, 0.3) is 0 Å². The Hall–Kier alpha value is -1.62. The van der Waals surface area contributed by atoms with Gasteiger partial charge in [-0.1, -0.05) is 6.07 Å². The fraction of sp³-hybridized carbons (Fsp3) is 0.625. The largest absolute Gasteiger partial charge is 0.369 e. The highest BCUT2D eigenvalue weighted by Gasteiger charge is 2.23. The molecule has 1 amide bonds. The molecule has 1 aliphatic rings. The van der Waals surface area contributed by atoms with Crippen molar-refractivity contribution in [1.82, 2.24) is 10.3 Å². The van der Waals surface area contributed by atoms with Gasteiger partial charge in [0.15, 0.2) is 0 Å². The average molecular weight is 290 g/mol. The number of nitrogens with one attached hydrogen (secondary N) is 1. The van der Waals surface area contributed by atoms with Crippen LogP contribution in [-0.2, 0) is 11.3 Å². The van der Waals surface area contributed by atoms with Gasteiger partial charge in [0.1, 0.15) is 5.82 Å². The number of anilines is 1. The van der Waals surface area contributed by atoms with Crippen molar-refractivity contribution in [3.05, 3.63) is 23.9 Å². The zero-order valence-electron chi connectivity index (χ0n) is 13.2. The van der Waals surface area contributed by atoms with Gasteiger partial charge in [-0.25, -0.2) is 4.98 Å². The van der Waals surface area contributed by atoms with Crippen molar-refractivity contribution in [2.75, 3.05) is 18.0 Å². The summed E-state index contributed by atoms with van der Waals surface area (Å²) >= 11 is 0. The lowest BCUT2D eigenvalue weighted by Crippen LogP contribution is -2.39. The third kappa shape index (κ3) is 4.70. The number of nitrogens with zero attached hydrogens (tertiary/aromatic N) is 2. The molecule has 2 rings (SSSR count). The number of aromatic nitrogens is 1. The maximum atomic E-state index is 11.2. The van der Waals surface area contributed by atoms with Crippen LogP contribution in [0.2, 0.25) is 0 Å². The maximum Gasteiger partial charge on any atom is 0.220 e. The number of carbonyl (C=O) groups excluding carboxylic acids is 1. The van der Waals surface area contributed by atoms with Crippen LogP contribution in [0.1, 0.15) is 39.2 Å². The van der Waals surface area contributed by atoms with Crippen molar-refractivity contribution in [1.29, 1.82) is 0 Å². The van der Waals surface area contributed by atoms with Gasteiger partial charge in [0, 0.05) is 37.3 Å². The first-order valence-corrected chi connectivity index (χ1v) is 7.59. The summed E-state index contributed by atoms with van der Waals surface area (Å²) in [6.07, 6.45) is 3.57. The molecule has 5 heteroatoms. The van der Waals surface area contributed by atoms with E-state index in [0.717, 1.165) is 38.3 Å². The number of carbonyl (C=O) groups is 1. The maximum absolute atomic E-state index is 11.2. The topological polar surface area (TPSA) is 71.2 Å². The van der Waals surface area contributed by atoms with E-state index in [0.29, 0.717) is 0 Å². The Bertz CT molecular complexity index is 470. The van der Waals surface area contributed by atoms with E-state index in [1.807, 2.05) is 6.20 Å². The molecule has 1 aromatic rings. The minimum atomic E-state index is -0.175. The molecule has 1 fully saturated rings. The molecule has 3 N–H and O–H groups in total. The second kappa shape index (κ2) is 6.43. The van der Waals surface area contributed by atoms with E-state index >= 15 is 0 Å². The number of hydrogen-bond acceptors (Lipinski definition) is 4. The van der Waals surface area contributed by atoms with Gasteiger partial charge in [0.25, 0.3) is 0 Å². The normalized spacial score (nSPS) is 17.0. The zero-order valence-corrected chi connectivity index (χ0v) is 13.2. The first-order valence-electron chi connectivity index (χ1n) is 7.59. The van der Waals surface area contributed by atoms with Gasteiger partial charge in [-0.05, 0) is 45.2 Å². The van der Waals surface area contributed by atoms with E-state index in [4.69, 9.17) is 5.73 Å². The number of amides is 1. The summed E-state index contributed by atoms with van der Waals surface area (Å²) in [6.45, 7) is 8.97. The second-order valence-corrected chi connectivity index (χ2v) is 6.79. The van der Waals surface area contributed by atoms with Crippen LogP contribution in [0.3, 0.4) is 0 Å². The molecule has 0 aromatic carbocycles. The van der Waals surface area contributed by atoms with Crippen molar-refractivity contribution in [2.24, 2.45) is 11.7 Å². The molecule has 0 spiro atoms. The number of primary amides is 1. The Morgan fingerprint density at radius 2 is 2.05 bits per heavy atom. The molecule has 0 saturated carbocycles. The molecule has 116 valence electrons. The Labute approximate surface area is 126 Å². The van der Waals surface area contributed by atoms with Gasteiger partial charge in [-0.2, -0.15) is 0 Å². The predicted octanol–water partition coefficient (Wildman–Crippen LogP) is 1.67. The number of piperidine rings is 1. The summed E-state index contributed by atoms with van der Waals surface area (Å²) in [5, 5.41) is 3.45. The fourth-order valence-electron chi connectivity index (χ4n) is 2.47. The van der Waals surface area contributed by atoms with Crippen molar-refractivity contribution >= 4 is 11.7 Å². The monoisotopic (exact) mass is 290 g/mol. The van der Waals surface area contributed by atoms with Crippen molar-refractivity contribution in [2.45, 2.75) is 45.7 Å².